The van der Waals surface area contributed by atoms with Crippen LogP contribution in [0.25, 0.3) is 22.3 Å². The van der Waals surface area contributed by atoms with Crippen molar-refractivity contribution in [1.29, 1.82) is 0 Å². The molecule has 0 spiro atoms. The average Bonchev–Trinajstić information content (AvgIpc) is 2.93. The summed E-state index contributed by atoms with van der Waals surface area (Å²) in [5, 5.41) is 16.9. The normalized spacial score (nSPS) is 12.3. The van der Waals surface area contributed by atoms with E-state index in [9.17, 15) is 14.9 Å². The van der Waals surface area contributed by atoms with Gasteiger partial charge in [0, 0.05) is 22.2 Å². The summed E-state index contributed by atoms with van der Waals surface area (Å²) in [5.41, 5.74) is 2.66. The van der Waals surface area contributed by atoms with E-state index < -0.39 is 4.92 Å². The maximum Gasteiger partial charge on any atom is 0.313 e. The zero-order valence-corrected chi connectivity index (χ0v) is 24.7. The predicted octanol–water partition coefficient (Wildman–Crippen LogP) is 7.52. The van der Waals surface area contributed by atoms with Crippen molar-refractivity contribution in [3.63, 3.8) is 0 Å². The van der Waals surface area contributed by atoms with Crippen LogP contribution in [0.3, 0.4) is 0 Å². The van der Waals surface area contributed by atoms with Gasteiger partial charge in [0.05, 0.1) is 34.8 Å². The van der Waals surface area contributed by atoms with Gasteiger partial charge in [-0.15, -0.1) is 0 Å². The summed E-state index contributed by atoms with van der Waals surface area (Å²) >= 11 is 6.25. The Morgan fingerprint density at radius 2 is 1.88 bits per heavy atom. The number of aryl methyl sites for hydroxylation is 1. The van der Waals surface area contributed by atoms with Gasteiger partial charge in [-0.1, -0.05) is 44.5 Å². The summed E-state index contributed by atoms with van der Waals surface area (Å²) in [6, 6.07) is 13.7. The Morgan fingerprint density at radius 1 is 1.15 bits per heavy atom. The van der Waals surface area contributed by atoms with Crippen LogP contribution in [-0.4, -0.2) is 33.5 Å². The first-order valence-electron chi connectivity index (χ1n) is 13.5. The maximum absolute atomic E-state index is 13.8. The van der Waals surface area contributed by atoms with E-state index in [1.807, 2.05) is 45.9 Å². The number of halogens is 1. The molecule has 0 amide bonds. The van der Waals surface area contributed by atoms with E-state index in [1.165, 1.54) is 23.0 Å². The van der Waals surface area contributed by atoms with E-state index in [-0.39, 0.29) is 39.6 Å². The SMILES string of the molecule is CCOc1cc(C)c(-c2nc3ccccc3c(=O)n2N=Cc2cc(Cl)cc([N+](=O)[O-])c2O[C@H](C)CC)cc1C(C)C. The highest BCUT2D eigenvalue weighted by Gasteiger charge is 2.23. The lowest BCUT2D eigenvalue weighted by Crippen LogP contribution is -2.21. The van der Waals surface area contributed by atoms with Crippen LogP contribution in [-0.2, 0) is 0 Å². The second-order valence-corrected chi connectivity index (χ2v) is 10.5. The molecule has 41 heavy (non-hydrogen) atoms. The fraction of sp³-hybridized carbons (Fsp3) is 0.323. The summed E-state index contributed by atoms with van der Waals surface area (Å²) in [6.45, 7) is 12.3. The van der Waals surface area contributed by atoms with Crippen molar-refractivity contribution in [2.45, 2.75) is 60.0 Å². The van der Waals surface area contributed by atoms with E-state index in [1.54, 1.807) is 18.2 Å². The third kappa shape index (κ3) is 6.25. The minimum atomic E-state index is -0.549. The number of aromatic nitrogens is 2. The Balaban J connectivity index is 2.00. The van der Waals surface area contributed by atoms with Crippen LogP contribution in [0.2, 0.25) is 5.02 Å². The molecule has 9 nitrogen and oxygen atoms in total. The van der Waals surface area contributed by atoms with Crippen LogP contribution in [0, 0.1) is 17.0 Å². The van der Waals surface area contributed by atoms with Crippen molar-refractivity contribution >= 4 is 34.4 Å². The fourth-order valence-corrected chi connectivity index (χ4v) is 4.66. The number of rotatable bonds is 10. The van der Waals surface area contributed by atoms with Gasteiger partial charge in [-0.2, -0.15) is 9.78 Å². The molecule has 3 aromatic carbocycles. The highest BCUT2D eigenvalue weighted by atomic mass is 35.5. The summed E-state index contributed by atoms with van der Waals surface area (Å²) < 4.78 is 13.0. The molecule has 0 aliphatic rings. The third-order valence-corrected chi connectivity index (χ3v) is 6.96. The molecule has 214 valence electrons. The second-order valence-electron chi connectivity index (χ2n) is 10.0. The number of para-hydroxylation sites is 1. The first-order valence-corrected chi connectivity index (χ1v) is 13.9. The minimum absolute atomic E-state index is 0.0280. The Bertz CT molecular complexity index is 1700. The van der Waals surface area contributed by atoms with Gasteiger partial charge in [0.15, 0.2) is 5.82 Å². The number of fused-ring (bicyclic) bond motifs is 1. The first kappa shape index (κ1) is 29.7. The van der Waals surface area contributed by atoms with Gasteiger partial charge in [-0.3, -0.25) is 14.9 Å². The topological polar surface area (TPSA) is 109 Å². The molecular formula is C31H33ClN4O5. The van der Waals surface area contributed by atoms with E-state index in [0.717, 1.165) is 16.9 Å². The van der Waals surface area contributed by atoms with E-state index in [2.05, 4.69) is 18.9 Å². The van der Waals surface area contributed by atoms with Crippen molar-refractivity contribution in [1.82, 2.24) is 9.66 Å². The molecule has 0 bridgehead atoms. The summed E-state index contributed by atoms with van der Waals surface area (Å²) in [5.74, 6) is 1.28. The monoisotopic (exact) mass is 576 g/mol. The van der Waals surface area contributed by atoms with Crippen LogP contribution in [0.4, 0.5) is 5.69 Å². The highest BCUT2D eigenvalue weighted by Crippen LogP contribution is 2.36. The van der Waals surface area contributed by atoms with Crippen LogP contribution in [0.1, 0.15) is 63.6 Å². The van der Waals surface area contributed by atoms with Crippen molar-refractivity contribution in [3.8, 4) is 22.9 Å². The van der Waals surface area contributed by atoms with E-state index in [4.69, 9.17) is 26.1 Å². The highest BCUT2D eigenvalue weighted by molar-refractivity contribution is 6.31. The van der Waals surface area contributed by atoms with Gasteiger partial charge in [0.25, 0.3) is 5.56 Å². The number of ether oxygens (including phenoxy) is 2. The molecule has 1 heterocycles. The van der Waals surface area contributed by atoms with Gasteiger partial charge in [-0.05, 0) is 74.6 Å². The molecule has 0 saturated heterocycles. The Hall–Kier alpha value is -4.24. The summed E-state index contributed by atoms with van der Waals surface area (Å²) in [6.07, 6.45) is 1.68. The lowest BCUT2D eigenvalue weighted by atomic mass is 9.96. The standard InChI is InChI=1S/C31H33ClN4O5/c1-7-20(6)41-29-21(14-22(32)15-27(29)36(38)39)17-33-35-30(34-26-12-10-9-11-23(26)31(35)37)25-16-24(18(3)4)28(40-8-2)13-19(25)5/h9-18,20H,7-8H2,1-6H3/t20-/m1/s1. The Labute approximate surface area is 243 Å². The van der Waals surface area contributed by atoms with Crippen LogP contribution < -0.4 is 15.0 Å². The number of nitro groups is 1. The maximum atomic E-state index is 13.8. The van der Waals surface area contributed by atoms with Crippen molar-refractivity contribution in [2.75, 3.05) is 6.61 Å². The second kappa shape index (κ2) is 12.5. The van der Waals surface area contributed by atoms with Gasteiger partial charge in [0.2, 0.25) is 5.75 Å². The van der Waals surface area contributed by atoms with Crippen LogP contribution >= 0.6 is 11.6 Å². The number of benzene rings is 3. The zero-order chi connectivity index (χ0) is 29.8. The van der Waals surface area contributed by atoms with Crippen molar-refractivity contribution in [3.05, 3.63) is 90.7 Å². The molecule has 10 heteroatoms. The molecule has 0 unspecified atom stereocenters. The molecule has 0 aliphatic carbocycles. The number of hydrogen-bond donors (Lipinski definition) is 0. The number of nitro benzene ring substituents is 1. The number of hydrogen-bond acceptors (Lipinski definition) is 7. The molecular weight excluding hydrogens is 544 g/mol. The molecule has 0 N–H and O–H groups in total. The molecule has 4 aromatic rings. The minimum Gasteiger partial charge on any atom is -0.494 e. The third-order valence-electron chi connectivity index (χ3n) is 6.74. The van der Waals surface area contributed by atoms with Gasteiger partial charge >= 0.3 is 5.69 Å². The lowest BCUT2D eigenvalue weighted by Gasteiger charge is -2.18. The van der Waals surface area contributed by atoms with Crippen molar-refractivity contribution in [2.24, 2.45) is 5.10 Å². The van der Waals surface area contributed by atoms with Gasteiger partial charge < -0.3 is 9.47 Å². The first-order chi connectivity index (χ1) is 19.5. The van der Waals surface area contributed by atoms with Gasteiger partial charge in [0.1, 0.15) is 5.75 Å². The molecule has 0 aliphatic heterocycles. The molecule has 0 fully saturated rings. The van der Waals surface area contributed by atoms with E-state index in [0.29, 0.717) is 35.3 Å². The average molecular weight is 577 g/mol. The van der Waals surface area contributed by atoms with E-state index >= 15 is 0 Å². The summed E-state index contributed by atoms with van der Waals surface area (Å²) in [7, 11) is 0. The number of nitrogens with zero attached hydrogens (tertiary/aromatic N) is 4. The Morgan fingerprint density at radius 3 is 2.54 bits per heavy atom. The smallest absolute Gasteiger partial charge is 0.313 e. The molecule has 0 saturated carbocycles. The van der Waals surface area contributed by atoms with Crippen LogP contribution in [0.5, 0.6) is 11.5 Å². The molecule has 1 atom stereocenters. The molecule has 1 aromatic heterocycles. The molecule has 4 rings (SSSR count). The summed E-state index contributed by atoms with van der Waals surface area (Å²) in [4.78, 5) is 30.0. The zero-order valence-electron chi connectivity index (χ0n) is 24.0. The quantitative estimate of drug-likeness (QED) is 0.110. The fourth-order valence-electron chi connectivity index (χ4n) is 4.44. The molecule has 0 radical (unpaired) electrons. The Kier molecular flexibility index (Phi) is 9.08. The van der Waals surface area contributed by atoms with Crippen LogP contribution in [0.15, 0.2) is 58.4 Å². The van der Waals surface area contributed by atoms with Gasteiger partial charge in [-0.25, -0.2) is 4.98 Å². The predicted molar refractivity (Wildman–Crippen MR) is 163 cm³/mol. The lowest BCUT2D eigenvalue weighted by molar-refractivity contribution is -0.386. The van der Waals surface area contributed by atoms with Crippen molar-refractivity contribution < 1.29 is 14.4 Å². The largest absolute Gasteiger partial charge is 0.494 e.